The lowest BCUT2D eigenvalue weighted by atomic mass is 10.2. The summed E-state index contributed by atoms with van der Waals surface area (Å²) >= 11 is 0. The Hall–Kier alpha value is -3.00. The lowest BCUT2D eigenvalue weighted by Crippen LogP contribution is -2.31. The van der Waals surface area contributed by atoms with Crippen molar-refractivity contribution < 1.29 is 9.53 Å². The second kappa shape index (κ2) is 7.71. The molecule has 0 aliphatic carbocycles. The van der Waals surface area contributed by atoms with E-state index in [1.54, 1.807) is 31.2 Å². The van der Waals surface area contributed by atoms with Crippen LogP contribution >= 0.6 is 0 Å². The Kier molecular flexibility index (Phi) is 5.20. The number of hydrogen-bond acceptors (Lipinski definition) is 4. The third-order valence-corrected chi connectivity index (χ3v) is 4.27. The molecule has 1 N–H and O–H groups in total. The van der Waals surface area contributed by atoms with E-state index in [1.165, 1.54) is 12.8 Å². The van der Waals surface area contributed by atoms with Crippen LogP contribution in [0.1, 0.15) is 25.3 Å². The molecule has 3 rings (SSSR count). The highest BCUT2D eigenvalue weighted by atomic mass is 16.5. The maximum absolute atomic E-state index is 12.5. The molecule has 1 heterocycles. The number of ether oxygens (including phenoxy) is 1. The summed E-state index contributed by atoms with van der Waals surface area (Å²) in [5.41, 5.74) is 2.42. The standard InChI is InChI=1S/C20H21N3O2/c1-15(25-17-10-8-16(14-21)9-11-17)20(24)22-18-6-2-3-7-19(18)23-12-4-5-13-23/h2-3,6-11,15H,4-5,12-13H2,1H3,(H,22,24). The average Bonchev–Trinajstić information content (AvgIpc) is 3.17. The lowest BCUT2D eigenvalue weighted by Gasteiger charge is -2.22. The van der Waals surface area contributed by atoms with Gasteiger partial charge < -0.3 is 15.0 Å². The first kappa shape index (κ1) is 16.8. The quantitative estimate of drug-likeness (QED) is 0.907. The van der Waals surface area contributed by atoms with Crippen molar-refractivity contribution in [2.24, 2.45) is 0 Å². The van der Waals surface area contributed by atoms with E-state index >= 15 is 0 Å². The number of hydrogen-bond donors (Lipinski definition) is 1. The minimum atomic E-state index is -0.639. The molecule has 0 saturated carbocycles. The van der Waals surface area contributed by atoms with E-state index in [-0.39, 0.29) is 5.91 Å². The molecule has 25 heavy (non-hydrogen) atoms. The van der Waals surface area contributed by atoms with Crippen molar-refractivity contribution in [3.63, 3.8) is 0 Å². The van der Waals surface area contributed by atoms with Crippen LogP contribution in [0.25, 0.3) is 0 Å². The molecule has 5 nitrogen and oxygen atoms in total. The average molecular weight is 335 g/mol. The van der Waals surface area contributed by atoms with Gasteiger partial charge in [0, 0.05) is 13.1 Å². The monoisotopic (exact) mass is 335 g/mol. The van der Waals surface area contributed by atoms with Gasteiger partial charge in [0.1, 0.15) is 5.75 Å². The first-order valence-corrected chi connectivity index (χ1v) is 8.49. The zero-order chi connectivity index (χ0) is 17.6. The number of carbonyl (C=O) groups excluding carboxylic acids is 1. The molecule has 128 valence electrons. The van der Waals surface area contributed by atoms with Crippen molar-refractivity contribution in [1.29, 1.82) is 5.26 Å². The molecule has 1 unspecified atom stereocenters. The maximum atomic E-state index is 12.5. The summed E-state index contributed by atoms with van der Waals surface area (Å²) in [4.78, 5) is 14.8. The van der Waals surface area contributed by atoms with Crippen LogP contribution in [0.15, 0.2) is 48.5 Å². The first-order valence-electron chi connectivity index (χ1n) is 8.49. The number of nitrogens with one attached hydrogen (secondary N) is 1. The van der Waals surface area contributed by atoms with Gasteiger partial charge in [-0.2, -0.15) is 5.26 Å². The van der Waals surface area contributed by atoms with Gasteiger partial charge in [-0.25, -0.2) is 0 Å². The van der Waals surface area contributed by atoms with E-state index in [9.17, 15) is 4.79 Å². The van der Waals surface area contributed by atoms with E-state index in [0.717, 1.165) is 24.5 Å². The van der Waals surface area contributed by atoms with Crippen LogP contribution in [0, 0.1) is 11.3 Å². The number of amides is 1. The summed E-state index contributed by atoms with van der Waals surface area (Å²) in [6, 6.07) is 16.6. The molecule has 2 aromatic carbocycles. The summed E-state index contributed by atoms with van der Waals surface area (Å²) in [6.45, 7) is 3.75. The largest absolute Gasteiger partial charge is 0.481 e. The van der Waals surface area contributed by atoms with Crippen LogP contribution < -0.4 is 15.0 Å². The summed E-state index contributed by atoms with van der Waals surface area (Å²) in [7, 11) is 0. The number of nitriles is 1. The van der Waals surface area contributed by atoms with Gasteiger partial charge in [-0.3, -0.25) is 4.79 Å². The van der Waals surface area contributed by atoms with E-state index < -0.39 is 6.10 Å². The van der Waals surface area contributed by atoms with Crippen molar-refractivity contribution in [3.05, 3.63) is 54.1 Å². The second-order valence-electron chi connectivity index (χ2n) is 6.10. The highest BCUT2D eigenvalue weighted by Crippen LogP contribution is 2.28. The fourth-order valence-electron chi connectivity index (χ4n) is 2.91. The Balaban J connectivity index is 1.66. The van der Waals surface area contributed by atoms with E-state index in [2.05, 4.69) is 16.3 Å². The van der Waals surface area contributed by atoms with Gasteiger partial charge >= 0.3 is 0 Å². The predicted molar refractivity (Wildman–Crippen MR) is 97.8 cm³/mol. The molecule has 2 aromatic rings. The Morgan fingerprint density at radius 3 is 2.52 bits per heavy atom. The molecular formula is C20H21N3O2. The number of nitrogens with zero attached hydrogens (tertiary/aromatic N) is 2. The first-order chi connectivity index (χ1) is 12.2. The number of benzene rings is 2. The van der Waals surface area contributed by atoms with Gasteiger partial charge in [-0.15, -0.1) is 0 Å². The summed E-state index contributed by atoms with van der Waals surface area (Å²) in [5, 5.41) is 11.8. The highest BCUT2D eigenvalue weighted by Gasteiger charge is 2.19. The van der Waals surface area contributed by atoms with Crippen molar-refractivity contribution in [2.75, 3.05) is 23.3 Å². The predicted octanol–water partition coefficient (Wildman–Crippen LogP) is 3.56. The van der Waals surface area contributed by atoms with Crippen LogP contribution in [0.2, 0.25) is 0 Å². The number of anilines is 2. The van der Waals surface area contributed by atoms with Gasteiger partial charge in [0.05, 0.1) is 23.0 Å². The van der Waals surface area contributed by atoms with Gasteiger partial charge in [-0.05, 0) is 56.2 Å². The van der Waals surface area contributed by atoms with E-state index in [1.807, 2.05) is 24.3 Å². The molecule has 0 aromatic heterocycles. The van der Waals surface area contributed by atoms with Crippen LogP contribution in [-0.2, 0) is 4.79 Å². The zero-order valence-corrected chi connectivity index (χ0v) is 14.2. The lowest BCUT2D eigenvalue weighted by molar-refractivity contribution is -0.122. The summed E-state index contributed by atoms with van der Waals surface area (Å²) in [6.07, 6.45) is 1.72. The second-order valence-corrected chi connectivity index (χ2v) is 6.10. The Bertz CT molecular complexity index is 774. The molecule has 1 aliphatic heterocycles. The van der Waals surface area contributed by atoms with Crippen LogP contribution in [0.3, 0.4) is 0 Å². The van der Waals surface area contributed by atoms with Crippen molar-refractivity contribution >= 4 is 17.3 Å². The topological polar surface area (TPSA) is 65.4 Å². The normalized spacial score (nSPS) is 14.6. The molecule has 0 radical (unpaired) electrons. The number of carbonyl (C=O) groups is 1. The van der Waals surface area contributed by atoms with Crippen molar-refractivity contribution in [1.82, 2.24) is 0 Å². The van der Waals surface area contributed by atoms with Crippen molar-refractivity contribution in [3.8, 4) is 11.8 Å². The van der Waals surface area contributed by atoms with Gasteiger partial charge in [0.25, 0.3) is 5.91 Å². The Morgan fingerprint density at radius 1 is 1.16 bits per heavy atom. The minimum absolute atomic E-state index is 0.198. The summed E-state index contributed by atoms with van der Waals surface area (Å²) in [5.74, 6) is 0.366. The Labute approximate surface area is 147 Å². The smallest absolute Gasteiger partial charge is 0.265 e. The molecule has 0 bridgehead atoms. The number of rotatable bonds is 5. The third kappa shape index (κ3) is 4.10. The molecule has 1 amide bonds. The fraction of sp³-hybridized carbons (Fsp3) is 0.300. The molecule has 5 heteroatoms. The Morgan fingerprint density at radius 2 is 1.84 bits per heavy atom. The number of para-hydroxylation sites is 2. The molecule has 1 saturated heterocycles. The van der Waals surface area contributed by atoms with Gasteiger partial charge in [0.15, 0.2) is 6.10 Å². The fourth-order valence-corrected chi connectivity index (χ4v) is 2.91. The van der Waals surface area contributed by atoms with Crippen molar-refractivity contribution in [2.45, 2.75) is 25.9 Å². The molecular weight excluding hydrogens is 314 g/mol. The van der Waals surface area contributed by atoms with E-state index in [0.29, 0.717) is 11.3 Å². The summed E-state index contributed by atoms with van der Waals surface area (Å²) < 4.78 is 5.68. The van der Waals surface area contributed by atoms with Crippen LogP contribution in [0.5, 0.6) is 5.75 Å². The zero-order valence-electron chi connectivity index (χ0n) is 14.2. The van der Waals surface area contributed by atoms with Crippen LogP contribution in [-0.4, -0.2) is 25.1 Å². The van der Waals surface area contributed by atoms with Gasteiger partial charge in [-0.1, -0.05) is 12.1 Å². The van der Waals surface area contributed by atoms with Crippen LogP contribution in [0.4, 0.5) is 11.4 Å². The van der Waals surface area contributed by atoms with Gasteiger partial charge in [0.2, 0.25) is 0 Å². The molecule has 1 atom stereocenters. The third-order valence-electron chi connectivity index (χ3n) is 4.27. The SMILES string of the molecule is CC(Oc1ccc(C#N)cc1)C(=O)Nc1ccccc1N1CCCC1. The molecule has 1 aliphatic rings. The maximum Gasteiger partial charge on any atom is 0.265 e. The molecule has 0 spiro atoms. The minimum Gasteiger partial charge on any atom is -0.481 e. The molecule has 1 fully saturated rings. The van der Waals surface area contributed by atoms with E-state index in [4.69, 9.17) is 10.00 Å². The highest BCUT2D eigenvalue weighted by molar-refractivity contribution is 5.97.